The third-order valence-corrected chi connectivity index (χ3v) is 7.14. The summed E-state index contributed by atoms with van der Waals surface area (Å²) >= 11 is 6.07. The Bertz CT molecular complexity index is 885. The van der Waals surface area contributed by atoms with E-state index in [4.69, 9.17) is 11.6 Å². The number of aryl methyl sites for hydroxylation is 1. The molecule has 1 amide bonds. The zero-order chi connectivity index (χ0) is 19.4. The Morgan fingerprint density at radius 3 is 2.33 bits per heavy atom. The number of carbonyl (C=O) groups excluding carboxylic acids is 1. The molecule has 3 N–H and O–H groups in total. The van der Waals surface area contributed by atoms with Crippen molar-refractivity contribution in [2.75, 3.05) is 18.1 Å². The molecule has 1 aliphatic heterocycles. The summed E-state index contributed by atoms with van der Waals surface area (Å²) in [7, 11) is -3.17. The summed E-state index contributed by atoms with van der Waals surface area (Å²) in [6.45, 7) is 2.23. The summed E-state index contributed by atoms with van der Waals surface area (Å²) in [5.41, 5.74) is 3.39. The number of carbonyl (C=O) groups is 1. The SMILES string of the molecule is Cc1ccc([C@@H]([NH2+]CC(=O)N[C@@H]2CS(=O)(=O)C[C@@H]2Cl)c2ccccc2)cc1. The van der Waals surface area contributed by atoms with E-state index in [1.807, 2.05) is 42.6 Å². The number of quaternary nitrogens is 1. The third kappa shape index (κ3) is 5.31. The number of amides is 1. The van der Waals surface area contributed by atoms with Crippen LogP contribution in [0.1, 0.15) is 22.7 Å². The normalized spacial score (nSPS) is 22.3. The van der Waals surface area contributed by atoms with Gasteiger partial charge in [-0.3, -0.25) is 4.79 Å². The first-order valence-corrected chi connectivity index (χ1v) is 11.2. The van der Waals surface area contributed by atoms with Crippen molar-refractivity contribution in [2.24, 2.45) is 0 Å². The molecule has 0 spiro atoms. The summed E-state index contributed by atoms with van der Waals surface area (Å²) in [5.74, 6) is -0.387. The summed E-state index contributed by atoms with van der Waals surface area (Å²) in [6, 6.07) is 17.7. The van der Waals surface area contributed by atoms with Crippen LogP contribution in [0.5, 0.6) is 0 Å². The number of sulfone groups is 1. The molecular weight excluding hydrogens is 384 g/mol. The minimum atomic E-state index is -3.17. The van der Waals surface area contributed by atoms with E-state index < -0.39 is 21.3 Å². The zero-order valence-electron chi connectivity index (χ0n) is 15.1. The van der Waals surface area contributed by atoms with Crippen LogP contribution in [0.25, 0.3) is 0 Å². The molecule has 0 unspecified atom stereocenters. The summed E-state index contributed by atoms with van der Waals surface area (Å²) < 4.78 is 23.3. The van der Waals surface area contributed by atoms with Crippen LogP contribution in [-0.2, 0) is 14.6 Å². The Morgan fingerprint density at radius 1 is 1.11 bits per heavy atom. The lowest BCUT2D eigenvalue weighted by Gasteiger charge is -2.18. The van der Waals surface area contributed by atoms with Crippen molar-refractivity contribution in [3.63, 3.8) is 0 Å². The number of rotatable bonds is 6. The van der Waals surface area contributed by atoms with Crippen molar-refractivity contribution < 1.29 is 18.5 Å². The number of alkyl halides is 1. The number of benzene rings is 2. The zero-order valence-corrected chi connectivity index (χ0v) is 16.7. The van der Waals surface area contributed by atoms with Crippen molar-refractivity contribution in [2.45, 2.75) is 24.4 Å². The van der Waals surface area contributed by atoms with Crippen molar-refractivity contribution in [3.05, 3.63) is 71.3 Å². The largest absolute Gasteiger partial charge is 0.346 e. The van der Waals surface area contributed by atoms with Crippen molar-refractivity contribution in [1.82, 2.24) is 5.32 Å². The fourth-order valence-corrected chi connectivity index (χ4v) is 5.88. The molecule has 2 aromatic carbocycles. The summed E-state index contributed by atoms with van der Waals surface area (Å²) in [4.78, 5) is 12.4. The van der Waals surface area contributed by atoms with Gasteiger partial charge in [0.15, 0.2) is 16.4 Å². The van der Waals surface area contributed by atoms with E-state index >= 15 is 0 Å². The first-order chi connectivity index (χ1) is 12.8. The highest BCUT2D eigenvalue weighted by Crippen LogP contribution is 2.19. The maximum Gasteiger partial charge on any atom is 0.275 e. The van der Waals surface area contributed by atoms with Gasteiger partial charge >= 0.3 is 0 Å². The fourth-order valence-electron chi connectivity index (χ4n) is 3.33. The highest BCUT2D eigenvalue weighted by atomic mass is 35.5. The van der Waals surface area contributed by atoms with Crippen LogP contribution in [0, 0.1) is 6.92 Å². The third-order valence-electron chi connectivity index (χ3n) is 4.76. The predicted molar refractivity (Wildman–Crippen MR) is 106 cm³/mol. The second kappa shape index (κ2) is 8.42. The van der Waals surface area contributed by atoms with Gasteiger partial charge in [-0.15, -0.1) is 11.6 Å². The van der Waals surface area contributed by atoms with Crippen LogP contribution in [0.2, 0.25) is 0 Å². The smallest absolute Gasteiger partial charge is 0.275 e. The molecule has 1 heterocycles. The minimum absolute atomic E-state index is 0.0170. The van der Waals surface area contributed by atoms with Crippen LogP contribution >= 0.6 is 11.6 Å². The van der Waals surface area contributed by atoms with Crippen molar-refractivity contribution >= 4 is 27.3 Å². The first-order valence-electron chi connectivity index (χ1n) is 8.93. The topological polar surface area (TPSA) is 79.8 Å². The lowest BCUT2D eigenvalue weighted by Crippen LogP contribution is -2.88. The van der Waals surface area contributed by atoms with Gasteiger partial charge in [0.2, 0.25) is 0 Å². The monoisotopic (exact) mass is 407 g/mol. The predicted octanol–water partition coefficient (Wildman–Crippen LogP) is 1.17. The van der Waals surface area contributed by atoms with Crippen LogP contribution < -0.4 is 10.6 Å². The molecule has 0 bridgehead atoms. The molecule has 3 rings (SSSR count). The molecule has 0 aliphatic carbocycles. The molecule has 3 atom stereocenters. The Morgan fingerprint density at radius 2 is 1.74 bits per heavy atom. The fraction of sp³-hybridized carbons (Fsp3) is 0.350. The summed E-state index contributed by atoms with van der Waals surface area (Å²) in [6.07, 6.45) is 0. The Kier molecular flexibility index (Phi) is 6.19. The Hall–Kier alpha value is -1.89. The lowest BCUT2D eigenvalue weighted by atomic mass is 9.98. The Balaban J connectivity index is 1.68. The van der Waals surface area contributed by atoms with E-state index in [2.05, 4.69) is 29.6 Å². The number of hydrogen-bond acceptors (Lipinski definition) is 3. The van der Waals surface area contributed by atoms with Crippen LogP contribution in [0.15, 0.2) is 54.6 Å². The van der Waals surface area contributed by atoms with E-state index in [1.54, 1.807) is 0 Å². The molecule has 0 radical (unpaired) electrons. The van der Waals surface area contributed by atoms with E-state index in [0.29, 0.717) is 0 Å². The second-order valence-electron chi connectivity index (χ2n) is 7.01. The lowest BCUT2D eigenvalue weighted by molar-refractivity contribution is -0.676. The minimum Gasteiger partial charge on any atom is -0.346 e. The number of hydrogen-bond donors (Lipinski definition) is 2. The van der Waals surface area contributed by atoms with E-state index in [9.17, 15) is 13.2 Å². The van der Waals surface area contributed by atoms with Gasteiger partial charge in [-0.1, -0.05) is 60.2 Å². The number of halogens is 1. The molecule has 27 heavy (non-hydrogen) atoms. The van der Waals surface area contributed by atoms with Gasteiger partial charge in [0.25, 0.3) is 5.91 Å². The van der Waals surface area contributed by atoms with Gasteiger partial charge in [-0.2, -0.15) is 0 Å². The summed E-state index contributed by atoms with van der Waals surface area (Å²) in [5, 5.41) is 4.16. The quantitative estimate of drug-likeness (QED) is 0.705. The van der Waals surface area contributed by atoms with Crippen LogP contribution in [0.4, 0.5) is 0 Å². The molecule has 0 aromatic heterocycles. The molecule has 2 aromatic rings. The first kappa shape index (κ1) is 19.9. The average molecular weight is 408 g/mol. The van der Waals surface area contributed by atoms with Gasteiger partial charge in [0.05, 0.1) is 22.9 Å². The molecule has 1 saturated heterocycles. The molecule has 7 heteroatoms. The number of nitrogens with one attached hydrogen (secondary N) is 1. The van der Waals surface area contributed by atoms with E-state index in [1.165, 1.54) is 5.56 Å². The van der Waals surface area contributed by atoms with Gasteiger partial charge in [0, 0.05) is 11.1 Å². The maximum absolute atomic E-state index is 12.4. The molecule has 1 fully saturated rings. The van der Waals surface area contributed by atoms with Gasteiger partial charge in [0.1, 0.15) is 6.04 Å². The van der Waals surface area contributed by atoms with Crippen molar-refractivity contribution in [1.29, 1.82) is 0 Å². The molecule has 0 saturated carbocycles. The number of nitrogens with two attached hydrogens (primary N) is 1. The standard InChI is InChI=1S/C20H23ClN2O3S/c1-14-7-9-16(10-8-14)20(15-5-3-2-4-6-15)22-11-19(24)23-18-13-27(25,26)12-17(18)21/h2-10,17-18,20,22H,11-13H2,1H3,(H,23,24)/p+1/t17-,18+,20-/m0/s1. The molecule has 5 nitrogen and oxygen atoms in total. The van der Waals surface area contributed by atoms with Gasteiger partial charge < -0.3 is 10.6 Å². The maximum atomic E-state index is 12.4. The molecule has 1 aliphatic rings. The highest BCUT2D eigenvalue weighted by Gasteiger charge is 2.37. The highest BCUT2D eigenvalue weighted by molar-refractivity contribution is 7.91. The van der Waals surface area contributed by atoms with E-state index in [0.717, 1.165) is 11.1 Å². The van der Waals surface area contributed by atoms with Crippen molar-refractivity contribution in [3.8, 4) is 0 Å². The van der Waals surface area contributed by atoms with Gasteiger partial charge in [-0.25, -0.2) is 8.42 Å². The van der Waals surface area contributed by atoms with Crippen LogP contribution in [-0.4, -0.2) is 43.8 Å². The second-order valence-corrected chi connectivity index (χ2v) is 9.72. The van der Waals surface area contributed by atoms with E-state index in [-0.39, 0.29) is 30.0 Å². The Labute approximate surface area is 165 Å². The molecule has 144 valence electrons. The average Bonchev–Trinajstić information content (AvgIpc) is 2.89. The van der Waals surface area contributed by atoms with Crippen LogP contribution in [0.3, 0.4) is 0 Å². The van der Waals surface area contributed by atoms with Gasteiger partial charge in [-0.05, 0) is 6.92 Å². The molecular formula is C20H24ClN2O3S+.